The highest BCUT2D eigenvalue weighted by atomic mass is 15.2. The second-order valence-corrected chi connectivity index (χ2v) is 3.59. The second kappa shape index (κ2) is 4.76. The van der Waals surface area contributed by atoms with Gasteiger partial charge in [-0.1, -0.05) is 27.2 Å². The Morgan fingerprint density at radius 3 is 1.91 bits per heavy atom. The molecule has 0 spiro atoms. The zero-order chi connectivity index (χ0) is 8.91. The van der Waals surface area contributed by atoms with E-state index in [9.17, 15) is 0 Å². The maximum atomic E-state index is 3.90. The van der Waals surface area contributed by atoms with Gasteiger partial charge in [0.25, 0.3) is 0 Å². The van der Waals surface area contributed by atoms with Crippen LogP contribution in [0.2, 0.25) is 0 Å². The van der Waals surface area contributed by atoms with Crippen LogP contribution in [0.5, 0.6) is 0 Å². The van der Waals surface area contributed by atoms with E-state index in [1.165, 1.54) is 6.42 Å². The van der Waals surface area contributed by atoms with Crippen molar-refractivity contribution in [2.75, 3.05) is 13.1 Å². The molecule has 1 heteroatoms. The van der Waals surface area contributed by atoms with Crippen molar-refractivity contribution in [3.05, 3.63) is 6.92 Å². The van der Waals surface area contributed by atoms with Crippen LogP contribution in [0.15, 0.2) is 0 Å². The van der Waals surface area contributed by atoms with Gasteiger partial charge in [0.1, 0.15) is 0 Å². The van der Waals surface area contributed by atoms with E-state index in [-0.39, 0.29) is 0 Å². The standard InChI is InChI=1S/C10H22N/c1-6-9-10(4,5)11(7-2)8-3/h1,6-9H2,2-5H3. The molecule has 0 N–H and O–H groups in total. The van der Waals surface area contributed by atoms with Crippen LogP contribution in [0.25, 0.3) is 0 Å². The molecule has 0 fully saturated rings. The van der Waals surface area contributed by atoms with E-state index < -0.39 is 0 Å². The van der Waals surface area contributed by atoms with Crippen LogP contribution in [-0.2, 0) is 0 Å². The quantitative estimate of drug-likeness (QED) is 0.591. The molecule has 11 heavy (non-hydrogen) atoms. The predicted molar refractivity (Wildman–Crippen MR) is 51.6 cm³/mol. The molecule has 0 saturated carbocycles. The Balaban J connectivity index is 4.00. The summed E-state index contributed by atoms with van der Waals surface area (Å²) in [6.07, 6.45) is 2.22. The minimum atomic E-state index is 0.339. The first kappa shape index (κ1) is 11.0. The lowest BCUT2D eigenvalue weighted by Crippen LogP contribution is -2.43. The molecule has 0 aromatic rings. The summed E-state index contributed by atoms with van der Waals surface area (Å²) in [7, 11) is 0. The third-order valence-corrected chi connectivity index (χ3v) is 2.41. The number of rotatable bonds is 5. The molecular weight excluding hydrogens is 134 g/mol. The van der Waals surface area contributed by atoms with Crippen molar-refractivity contribution < 1.29 is 0 Å². The van der Waals surface area contributed by atoms with Crippen LogP contribution in [0.1, 0.15) is 40.5 Å². The monoisotopic (exact) mass is 156 g/mol. The lowest BCUT2D eigenvalue weighted by Gasteiger charge is -2.37. The molecule has 1 nitrogen and oxygen atoms in total. The summed E-state index contributed by atoms with van der Waals surface area (Å²) in [5.41, 5.74) is 0.339. The molecule has 0 aromatic heterocycles. The van der Waals surface area contributed by atoms with E-state index in [1.807, 2.05) is 0 Å². The molecule has 0 unspecified atom stereocenters. The fraction of sp³-hybridized carbons (Fsp3) is 0.900. The molecule has 0 aromatic carbocycles. The maximum Gasteiger partial charge on any atom is 0.0153 e. The van der Waals surface area contributed by atoms with E-state index in [2.05, 4.69) is 39.5 Å². The van der Waals surface area contributed by atoms with Crippen LogP contribution in [0.3, 0.4) is 0 Å². The molecule has 0 bridgehead atoms. The summed E-state index contributed by atoms with van der Waals surface area (Å²) >= 11 is 0. The first-order valence-electron chi connectivity index (χ1n) is 4.62. The molecule has 67 valence electrons. The number of hydrogen-bond donors (Lipinski definition) is 0. The fourth-order valence-electron chi connectivity index (χ4n) is 1.67. The van der Waals surface area contributed by atoms with Crippen molar-refractivity contribution in [3.63, 3.8) is 0 Å². The predicted octanol–water partition coefficient (Wildman–Crippen LogP) is 2.72. The topological polar surface area (TPSA) is 3.24 Å². The van der Waals surface area contributed by atoms with Gasteiger partial charge < -0.3 is 0 Å². The van der Waals surface area contributed by atoms with Crippen molar-refractivity contribution in [3.8, 4) is 0 Å². The molecule has 0 aliphatic carbocycles. The van der Waals surface area contributed by atoms with Gasteiger partial charge in [0, 0.05) is 5.54 Å². The van der Waals surface area contributed by atoms with Gasteiger partial charge in [-0.15, -0.1) is 0 Å². The molecule has 1 radical (unpaired) electrons. The van der Waals surface area contributed by atoms with Crippen LogP contribution < -0.4 is 0 Å². The minimum Gasteiger partial charge on any atom is -0.299 e. The Morgan fingerprint density at radius 2 is 1.64 bits per heavy atom. The third kappa shape index (κ3) is 3.24. The van der Waals surface area contributed by atoms with Crippen LogP contribution in [-0.4, -0.2) is 23.5 Å². The number of nitrogens with zero attached hydrogens (tertiary/aromatic N) is 1. The van der Waals surface area contributed by atoms with Gasteiger partial charge in [0.05, 0.1) is 0 Å². The third-order valence-electron chi connectivity index (χ3n) is 2.41. The summed E-state index contributed by atoms with van der Waals surface area (Å²) in [6, 6.07) is 0. The van der Waals surface area contributed by atoms with E-state index in [0.29, 0.717) is 5.54 Å². The average molecular weight is 156 g/mol. The lowest BCUT2D eigenvalue weighted by atomic mass is 9.96. The Kier molecular flexibility index (Phi) is 4.74. The van der Waals surface area contributed by atoms with Gasteiger partial charge in [-0.3, -0.25) is 4.90 Å². The van der Waals surface area contributed by atoms with Gasteiger partial charge >= 0.3 is 0 Å². The molecule has 0 aliphatic rings. The van der Waals surface area contributed by atoms with E-state index in [4.69, 9.17) is 0 Å². The maximum absolute atomic E-state index is 3.90. The van der Waals surface area contributed by atoms with Crippen LogP contribution >= 0.6 is 0 Å². The molecule has 0 rings (SSSR count). The highest BCUT2D eigenvalue weighted by Gasteiger charge is 2.22. The van der Waals surface area contributed by atoms with Crippen LogP contribution in [0, 0.1) is 6.92 Å². The lowest BCUT2D eigenvalue weighted by molar-refractivity contribution is 0.126. The fourth-order valence-corrected chi connectivity index (χ4v) is 1.67. The molecule has 0 heterocycles. The summed E-state index contributed by atoms with van der Waals surface area (Å²) in [5, 5.41) is 0. The smallest absolute Gasteiger partial charge is 0.0153 e. The Labute approximate surface area is 71.8 Å². The van der Waals surface area contributed by atoms with Gasteiger partial charge in [0.15, 0.2) is 0 Å². The Bertz CT molecular complexity index is 93.0. The van der Waals surface area contributed by atoms with Gasteiger partial charge in [-0.05, 0) is 33.4 Å². The van der Waals surface area contributed by atoms with Crippen LogP contribution in [0.4, 0.5) is 0 Å². The first-order chi connectivity index (χ1) is 5.08. The molecular formula is C10H22N. The Morgan fingerprint density at radius 1 is 1.18 bits per heavy atom. The number of hydrogen-bond acceptors (Lipinski definition) is 1. The van der Waals surface area contributed by atoms with Crippen molar-refractivity contribution >= 4 is 0 Å². The summed E-state index contributed by atoms with van der Waals surface area (Å²) in [6.45, 7) is 15.2. The largest absolute Gasteiger partial charge is 0.299 e. The normalized spacial score (nSPS) is 12.5. The summed E-state index contributed by atoms with van der Waals surface area (Å²) < 4.78 is 0. The van der Waals surface area contributed by atoms with Crippen molar-refractivity contribution in [2.24, 2.45) is 0 Å². The van der Waals surface area contributed by atoms with Gasteiger partial charge in [0.2, 0.25) is 0 Å². The van der Waals surface area contributed by atoms with E-state index >= 15 is 0 Å². The SMILES string of the molecule is [CH2]CCC(C)(C)N(CC)CC. The van der Waals surface area contributed by atoms with Crippen molar-refractivity contribution in [2.45, 2.75) is 46.1 Å². The summed E-state index contributed by atoms with van der Waals surface area (Å²) in [5.74, 6) is 0. The van der Waals surface area contributed by atoms with E-state index in [1.54, 1.807) is 0 Å². The zero-order valence-corrected chi connectivity index (χ0v) is 8.48. The molecule has 0 saturated heterocycles. The Hall–Kier alpha value is -0.0400. The highest BCUT2D eigenvalue weighted by Crippen LogP contribution is 2.19. The highest BCUT2D eigenvalue weighted by molar-refractivity contribution is 4.80. The minimum absolute atomic E-state index is 0.339. The summed E-state index contributed by atoms with van der Waals surface area (Å²) in [4.78, 5) is 2.48. The van der Waals surface area contributed by atoms with Gasteiger partial charge in [-0.2, -0.15) is 0 Å². The molecule has 0 amide bonds. The van der Waals surface area contributed by atoms with Gasteiger partial charge in [-0.25, -0.2) is 0 Å². The molecule has 0 aliphatic heterocycles. The zero-order valence-electron chi connectivity index (χ0n) is 8.48. The first-order valence-corrected chi connectivity index (χ1v) is 4.62. The second-order valence-electron chi connectivity index (χ2n) is 3.59. The van der Waals surface area contributed by atoms with Crippen molar-refractivity contribution in [1.29, 1.82) is 0 Å². The molecule has 0 atom stereocenters. The average Bonchev–Trinajstić information content (AvgIpc) is 1.89. The van der Waals surface area contributed by atoms with Crippen molar-refractivity contribution in [1.82, 2.24) is 4.90 Å². The van der Waals surface area contributed by atoms with E-state index in [0.717, 1.165) is 19.5 Å².